The molecule has 0 fully saturated rings. The van der Waals surface area contributed by atoms with E-state index in [0.717, 1.165) is 11.1 Å². The Morgan fingerprint density at radius 1 is 1.56 bits per heavy atom. The minimum Gasteiger partial charge on any atom is -0.508 e. The molecule has 0 heterocycles. The van der Waals surface area contributed by atoms with Gasteiger partial charge in [-0.05, 0) is 31.0 Å². The van der Waals surface area contributed by atoms with Crippen molar-refractivity contribution in [3.8, 4) is 5.75 Å². The molecule has 4 heteroatoms. The van der Waals surface area contributed by atoms with Crippen molar-refractivity contribution in [3.05, 3.63) is 29.3 Å². The van der Waals surface area contributed by atoms with Crippen molar-refractivity contribution in [2.45, 2.75) is 26.3 Å². The van der Waals surface area contributed by atoms with Crippen LogP contribution in [0.4, 0.5) is 0 Å². The van der Waals surface area contributed by atoms with Gasteiger partial charge in [-0.25, -0.2) is 0 Å². The molecular formula is C12H17NO3. The number of carbonyl (C=O) groups is 1. The summed E-state index contributed by atoms with van der Waals surface area (Å²) in [5.74, 6) is -0.0761. The Kier molecular flexibility index (Phi) is 4.31. The summed E-state index contributed by atoms with van der Waals surface area (Å²) in [6.45, 7) is 3.91. The summed E-state index contributed by atoms with van der Waals surface area (Å²) in [6.07, 6.45) is 0.151. The third kappa shape index (κ3) is 3.24. The number of benzene rings is 1. The van der Waals surface area contributed by atoms with Gasteiger partial charge in [0.15, 0.2) is 0 Å². The SMILES string of the molecule is CCOC(=O)C[C@@H](N)c1ccc(O)c(C)c1. The van der Waals surface area contributed by atoms with E-state index in [1.165, 1.54) is 0 Å². The second kappa shape index (κ2) is 5.51. The van der Waals surface area contributed by atoms with Gasteiger partial charge in [0.1, 0.15) is 5.75 Å². The molecule has 0 aliphatic heterocycles. The van der Waals surface area contributed by atoms with Crippen LogP contribution in [0.15, 0.2) is 18.2 Å². The average Bonchev–Trinajstić information content (AvgIpc) is 2.22. The minimum atomic E-state index is -0.390. The van der Waals surface area contributed by atoms with E-state index in [1.54, 1.807) is 32.0 Å². The van der Waals surface area contributed by atoms with Crippen LogP contribution in [0.25, 0.3) is 0 Å². The van der Waals surface area contributed by atoms with Crippen molar-refractivity contribution in [1.82, 2.24) is 0 Å². The van der Waals surface area contributed by atoms with Crippen LogP contribution in [0.3, 0.4) is 0 Å². The zero-order valence-corrected chi connectivity index (χ0v) is 9.56. The summed E-state index contributed by atoms with van der Waals surface area (Å²) in [6, 6.07) is 4.68. The van der Waals surface area contributed by atoms with Gasteiger partial charge in [-0.3, -0.25) is 4.79 Å². The molecule has 0 spiro atoms. The maximum Gasteiger partial charge on any atom is 0.307 e. The van der Waals surface area contributed by atoms with Gasteiger partial charge in [0.2, 0.25) is 0 Å². The first-order valence-electron chi connectivity index (χ1n) is 5.25. The topological polar surface area (TPSA) is 72.5 Å². The van der Waals surface area contributed by atoms with Gasteiger partial charge in [-0.1, -0.05) is 12.1 Å². The molecule has 4 nitrogen and oxygen atoms in total. The van der Waals surface area contributed by atoms with E-state index >= 15 is 0 Å². The van der Waals surface area contributed by atoms with E-state index in [9.17, 15) is 9.90 Å². The molecule has 0 radical (unpaired) electrons. The molecule has 0 bridgehead atoms. The fourth-order valence-electron chi connectivity index (χ4n) is 1.43. The molecule has 1 rings (SSSR count). The normalized spacial score (nSPS) is 12.2. The standard InChI is InChI=1S/C12H17NO3/c1-3-16-12(15)7-10(13)9-4-5-11(14)8(2)6-9/h4-6,10,14H,3,7,13H2,1-2H3/t10-/m1/s1. The average molecular weight is 223 g/mol. The number of aromatic hydroxyl groups is 1. The van der Waals surface area contributed by atoms with E-state index in [2.05, 4.69) is 0 Å². The van der Waals surface area contributed by atoms with Crippen LogP contribution in [0.1, 0.15) is 30.5 Å². The van der Waals surface area contributed by atoms with Crippen LogP contribution in [0.5, 0.6) is 5.75 Å². The summed E-state index contributed by atoms with van der Waals surface area (Å²) in [5, 5.41) is 9.36. The van der Waals surface area contributed by atoms with Crippen LogP contribution >= 0.6 is 0 Å². The van der Waals surface area contributed by atoms with Crippen LogP contribution in [0, 0.1) is 6.92 Å². The number of carbonyl (C=O) groups excluding carboxylic acids is 1. The van der Waals surface area contributed by atoms with E-state index < -0.39 is 6.04 Å². The molecule has 0 aromatic heterocycles. The van der Waals surface area contributed by atoms with Crippen molar-refractivity contribution < 1.29 is 14.6 Å². The largest absolute Gasteiger partial charge is 0.508 e. The maximum atomic E-state index is 11.2. The highest BCUT2D eigenvalue weighted by Crippen LogP contribution is 2.22. The Morgan fingerprint density at radius 2 is 2.25 bits per heavy atom. The van der Waals surface area contributed by atoms with Crippen molar-refractivity contribution in [2.24, 2.45) is 5.73 Å². The number of phenolic OH excluding ortho intramolecular Hbond substituents is 1. The minimum absolute atomic E-state index is 0.151. The van der Waals surface area contributed by atoms with Gasteiger partial charge in [-0.15, -0.1) is 0 Å². The highest BCUT2D eigenvalue weighted by Gasteiger charge is 2.13. The number of phenols is 1. The fourth-order valence-corrected chi connectivity index (χ4v) is 1.43. The van der Waals surface area contributed by atoms with Crippen LogP contribution in [-0.2, 0) is 9.53 Å². The van der Waals surface area contributed by atoms with Gasteiger partial charge in [0.25, 0.3) is 0 Å². The summed E-state index contributed by atoms with van der Waals surface area (Å²) < 4.78 is 4.82. The summed E-state index contributed by atoms with van der Waals surface area (Å²) in [4.78, 5) is 11.2. The predicted molar refractivity (Wildman–Crippen MR) is 61.0 cm³/mol. The van der Waals surface area contributed by atoms with Gasteiger partial charge in [0.05, 0.1) is 13.0 Å². The number of aryl methyl sites for hydroxylation is 1. The Hall–Kier alpha value is -1.55. The van der Waals surface area contributed by atoms with Gasteiger partial charge in [-0.2, -0.15) is 0 Å². The number of esters is 1. The highest BCUT2D eigenvalue weighted by molar-refractivity contribution is 5.70. The summed E-state index contributed by atoms with van der Waals surface area (Å²) in [7, 11) is 0. The zero-order valence-electron chi connectivity index (χ0n) is 9.56. The number of ether oxygens (including phenoxy) is 1. The molecule has 88 valence electrons. The Balaban J connectivity index is 2.69. The van der Waals surface area contributed by atoms with E-state index in [1.807, 2.05) is 0 Å². The van der Waals surface area contributed by atoms with Crippen LogP contribution < -0.4 is 5.73 Å². The summed E-state index contributed by atoms with van der Waals surface area (Å²) in [5.41, 5.74) is 7.43. The van der Waals surface area contributed by atoms with Crippen molar-refractivity contribution in [3.63, 3.8) is 0 Å². The maximum absolute atomic E-state index is 11.2. The smallest absolute Gasteiger partial charge is 0.307 e. The van der Waals surface area contributed by atoms with Crippen LogP contribution in [-0.4, -0.2) is 17.7 Å². The number of hydrogen-bond donors (Lipinski definition) is 2. The Morgan fingerprint density at radius 3 is 2.81 bits per heavy atom. The third-order valence-corrected chi connectivity index (χ3v) is 2.34. The first-order valence-corrected chi connectivity index (χ1v) is 5.25. The molecule has 1 aromatic rings. The lowest BCUT2D eigenvalue weighted by Crippen LogP contribution is -2.17. The molecular weight excluding hydrogens is 206 g/mol. The second-order valence-electron chi connectivity index (χ2n) is 3.66. The summed E-state index contributed by atoms with van der Waals surface area (Å²) >= 11 is 0. The van der Waals surface area contributed by atoms with Crippen molar-refractivity contribution in [1.29, 1.82) is 0 Å². The zero-order chi connectivity index (χ0) is 12.1. The predicted octanol–water partition coefficient (Wildman–Crippen LogP) is 1.65. The molecule has 3 N–H and O–H groups in total. The van der Waals surface area contributed by atoms with Gasteiger partial charge >= 0.3 is 5.97 Å². The lowest BCUT2D eigenvalue weighted by molar-refractivity contribution is -0.143. The highest BCUT2D eigenvalue weighted by atomic mass is 16.5. The monoisotopic (exact) mass is 223 g/mol. The fraction of sp³-hybridized carbons (Fsp3) is 0.417. The lowest BCUT2D eigenvalue weighted by atomic mass is 10.0. The van der Waals surface area contributed by atoms with E-state index in [0.29, 0.717) is 6.61 Å². The van der Waals surface area contributed by atoms with Crippen molar-refractivity contribution in [2.75, 3.05) is 6.61 Å². The molecule has 16 heavy (non-hydrogen) atoms. The van der Waals surface area contributed by atoms with Gasteiger partial charge < -0.3 is 15.6 Å². The number of rotatable bonds is 4. The molecule has 1 aromatic carbocycles. The molecule has 0 saturated carbocycles. The number of hydrogen-bond acceptors (Lipinski definition) is 4. The third-order valence-electron chi connectivity index (χ3n) is 2.34. The first kappa shape index (κ1) is 12.5. The van der Waals surface area contributed by atoms with Crippen molar-refractivity contribution >= 4 is 5.97 Å². The lowest BCUT2D eigenvalue weighted by Gasteiger charge is -2.12. The molecule has 1 atom stereocenters. The molecule has 0 amide bonds. The van der Waals surface area contributed by atoms with Crippen LogP contribution in [0.2, 0.25) is 0 Å². The second-order valence-corrected chi connectivity index (χ2v) is 3.66. The quantitative estimate of drug-likeness (QED) is 0.761. The Labute approximate surface area is 95.0 Å². The molecule has 0 saturated heterocycles. The number of nitrogens with two attached hydrogens (primary N) is 1. The Bertz CT molecular complexity index is 377. The van der Waals surface area contributed by atoms with E-state index in [-0.39, 0.29) is 18.1 Å². The van der Waals surface area contributed by atoms with Gasteiger partial charge in [0, 0.05) is 6.04 Å². The molecule has 0 unspecified atom stereocenters. The molecule has 0 aliphatic rings. The molecule has 0 aliphatic carbocycles. The first-order chi connectivity index (χ1) is 7.54. The van der Waals surface area contributed by atoms with E-state index in [4.69, 9.17) is 10.5 Å².